The summed E-state index contributed by atoms with van der Waals surface area (Å²) < 4.78 is 56.6. The lowest BCUT2D eigenvalue weighted by Gasteiger charge is -2.34. The average molecular weight is 519 g/mol. The number of hydrogen-bond donors (Lipinski definition) is 2. The van der Waals surface area contributed by atoms with Crippen LogP contribution < -0.4 is 9.44 Å². The number of sulfonamides is 2. The maximum absolute atomic E-state index is 12.7. The minimum atomic E-state index is -3.47. The number of nitrogens with one attached hydrogen (secondary N) is 2. The minimum Gasteiger partial charge on any atom is -0.208 e. The molecular formula is C27H38N2O4S2. The molecule has 192 valence electrons. The molecule has 6 nitrogen and oxygen atoms in total. The molecule has 0 aliphatic heterocycles. The van der Waals surface area contributed by atoms with Gasteiger partial charge in [-0.1, -0.05) is 35.4 Å². The molecule has 4 rings (SSSR count). The van der Waals surface area contributed by atoms with E-state index in [1.54, 1.807) is 24.3 Å². The third kappa shape index (κ3) is 7.15. The van der Waals surface area contributed by atoms with Crippen molar-refractivity contribution in [3.63, 3.8) is 0 Å². The average Bonchev–Trinajstić information content (AvgIpc) is 2.82. The van der Waals surface area contributed by atoms with E-state index >= 15 is 0 Å². The van der Waals surface area contributed by atoms with Gasteiger partial charge >= 0.3 is 0 Å². The fourth-order valence-corrected chi connectivity index (χ4v) is 8.12. The summed E-state index contributed by atoms with van der Waals surface area (Å²) in [4.78, 5) is 0.667. The molecule has 0 aromatic heterocycles. The summed E-state index contributed by atoms with van der Waals surface area (Å²) >= 11 is 0. The summed E-state index contributed by atoms with van der Waals surface area (Å²) in [5.74, 6) is 1.25. The molecule has 2 aromatic carbocycles. The normalized spacial score (nSPS) is 25.9. The second kappa shape index (κ2) is 11.1. The van der Waals surface area contributed by atoms with Crippen LogP contribution in [0.25, 0.3) is 0 Å². The van der Waals surface area contributed by atoms with E-state index in [1.165, 1.54) is 0 Å². The number of aryl methyl sites for hydroxylation is 2. The molecule has 0 unspecified atom stereocenters. The van der Waals surface area contributed by atoms with Crippen LogP contribution in [0.2, 0.25) is 0 Å². The summed E-state index contributed by atoms with van der Waals surface area (Å²) in [7, 11) is -6.94. The van der Waals surface area contributed by atoms with Gasteiger partial charge in [0.15, 0.2) is 0 Å². The second-order valence-electron chi connectivity index (χ2n) is 10.5. The fraction of sp³-hybridized carbons (Fsp3) is 0.556. The summed E-state index contributed by atoms with van der Waals surface area (Å²) in [5.41, 5.74) is 2.09. The van der Waals surface area contributed by atoms with E-state index in [1.807, 2.05) is 38.1 Å². The summed E-state index contributed by atoms with van der Waals surface area (Å²) in [6.45, 7) is 3.89. The third-order valence-corrected chi connectivity index (χ3v) is 10.7. The molecule has 0 spiro atoms. The van der Waals surface area contributed by atoms with E-state index in [9.17, 15) is 16.8 Å². The molecular weight excluding hydrogens is 480 g/mol. The Morgan fingerprint density at radius 2 is 0.886 bits per heavy atom. The highest BCUT2D eigenvalue weighted by molar-refractivity contribution is 7.89. The summed E-state index contributed by atoms with van der Waals surface area (Å²) in [5, 5.41) is 0. The van der Waals surface area contributed by atoms with E-state index in [0.29, 0.717) is 21.6 Å². The Morgan fingerprint density at radius 3 is 1.20 bits per heavy atom. The first-order chi connectivity index (χ1) is 16.6. The molecule has 35 heavy (non-hydrogen) atoms. The van der Waals surface area contributed by atoms with Gasteiger partial charge in [0, 0.05) is 12.1 Å². The van der Waals surface area contributed by atoms with Crippen LogP contribution in [0.4, 0.5) is 0 Å². The lowest BCUT2D eigenvalue weighted by atomic mass is 9.76. The highest BCUT2D eigenvalue weighted by Gasteiger charge is 2.30. The first-order valence-electron chi connectivity index (χ1n) is 12.8. The second-order valence-corrected chi connectivity index (χ2v) is 14.0. The van der Waals surface area contributed by atoms with Gasteiger partial charge in [-0.2, -0.15) is 0 Å². The van der Waals surface area contributed by atoms with Crippen molar-refractivity contribution in [3.8, 4) is 0 Å². The Hall–Kier alpha value is -1.74. The largest absolute Gasteiger partial charge is 0.240 e. The van der Waals surface area contributed by atoms with Crippen LogP contribution in [-0.4, -0.2) is 28.9 Å². The Bertz CT molecular complexity index is 1080. The van der Waals surface area contributed by atoms with Gasteiger partial charge in [-0.05, 0) is 108 Å². The van der Waals surface area contributed by atoms with Crippen LogP contribution in [0.5, 0.6) is 0 Å². The minimum absolute atomic E-state index is 0.00414. The zero-order valence-electron chi connectivity index (χ0n) is 20.7. The van der Waals surface area contributed by atoms with E-state index in [-0.39, 0.29) is 12.1 Å². The van der Waals surface area contributed by atoms with Gasteiger partial charge in [0.2, 0.25) is 20.0 Å². The Morgan fingerprint density at radius 1 is 0.571 bits per heavy atom. The van der Waals surface area contributed by atoms with Crippen LogP contribution in [0.3, 0.4) is 0 Å². The van der Waals surface area contributed by atoms with Crippen LogP contribution >= 0.6 is 0 Å². The molecule has 0 amide bonds. The number of rotatable bonds is 8. The van der Waals surface area contributed by atoms with Crippen LogP contribution in [0.15, 0.2) is 58.3 Å². The maximum atomic E-state index is 12.7. The van der Waals surface area contributed by atoms with E-state index < -0.39 is 20.0 Å². The van der Waals surface area contributed by atoms with E-state index in [2.05, 4.69) is 9.44 Å². The highest BCUT2D eigenvalue weighted by atomic mass is 32.2. The van der Waals surface area contributed by atoms with Gasteiger partial charge < -0.3 is 0 Å². The van der Waals surface area contributed by atoms with Crippen molar-refractivity contribution in [3.05, 3.63) is 59.7 Å². The van der Waals surface area contributed by atoms with Crippen LogP contribution in [0.1, 0.15) is 68.9 Å². The molecule has 0 atom stereocenters. The van der Waals surface area contributed by atoms with Gasteiger partial charge in [-0.15, -0.1) is 0 Å². The lowest BCUT2D eigenvalue weighted by molar-refractivity contribution is 0.218. The van der Waals surface area contributed by atoms with Gasteiger partial charge in [-0.3, -0.25) is 0 Å². The van der Waals surface area contributed by atoms with Crippen LogP contribution in [-0.2, 0) is 20.0 Å². The Labute approximate surface area is 211 Å². The van der Waals surface area contributed by atoms with Crippen molar-refractivity contribution in [2.24, 2.45) is 11.8 Å². The summed E-state index contributed by atoms with van der Waals surface area (Å²) in [6.07, 6.45) is 8.84. The fourth-order valence-electron chi connectivity index (χ4n) is 5.51. The molecule has 2 saturated carbocycles. The van der Waals surface area contributed by atoms with E-state index in [0.717, 1.165) is 68.9 Å². The smallest absolute Gasteiger partial charge is 0.208 e. The van der Waals surface area contributed by atoms with Crippen molar-refractivity contribution in [2.45, 2.75) is 93.5 Å². The molecule has 0 radical (unpaired) electrons. The Kier molecular flexibility index (Phi) is 8.36. The van der Waals surface area contributed by atoms with Crippen molar-refractivity contribution >= 4 is 20.0 Å². The third-order valence-electron chi connectivity index (χ3n) is 7.67. The molecule has 2 aromatic rings. The summed E-state index contributed by atoms with van der Waals surface area (Å²) in [6, 6.07) is 14.0. The van der Waals surface area contributed by atoms with Crippen LogP contribution in [0, 0.1) is 25.7 Å². The highest BCUT2D eigenvalue weighted by Crippen LogP contribution is 2.36. The van der Waals surface area contributed by atoms with Crippen molar-refractivity contribution in [1.82, 2.24) is 9.44 Å². The molecule has 0 bridgehead atoms. The van der Waals surface area contributed by atoms with E-state index in [4.69, 9.17) is 0 Å². The molecule has 2 fully saturated rings. The zero-order valence-corrected chi connectivity index (χ0v) is 22.4. The Balaban J connectivity index is 1.19. The standard InChI is InChI=1S/C27H38N2O4S2/c1-20-3-15-26(16-4-20)34(30,31)28-24-11-7-22(8-12-24)19-23-9-13-25(14-10-23)29-35(32,33)27-17-5-21(2)6-18-27/h3-6,15-18,22-25,28-29H,7-14,19H2,1-2H3. The first-order valence-corrected chi connectivity index (χ1v) is 15.8. The molecule has 2 aliphatic carbocycles. The topological polar surface area (TPSA) is 92.3 Å². The monoisotopic (exact) mass is 518 g/mol. The molecule has 2 aliphatic rings. The van der Waals surface area contributed by atoms with Gasteiger partial charge in [0.05, 0.1) is 9.79 Å². The van der Waals surface area contributed by atoms with Crippen molar-refractivity contribution in [1.29, 1.82) is 0 Å². The maximum Gasteiger partial charge on any atom is 0.240 e. The quantitative estimate of drug-likeness (QED) is 0.510. The van der Waals surface area contributed by atoms with Gasteiger partial charge in [-0.25, -0.2) is 26.3 Å². The molecule has 2 N–H and O–H groups in total. The predicted molar refractivity (Wildman–Crippen MR) is 139 cm³/mol. The predicted octanol–water partition coefficient (Wildman–Crippen LogP) is 5.07. The van der Waals surface area contributed by atoms with Gasteiger partial charge in [0.25, 0.3) is 0 Å². The molecule has 0 saturated heterocycles. The molecule has 0 heterocycles. The van der Waals surface area contributed by atoms with Gasteiger partial charge in [0.1, 0.15) is 0 Å². The number of benzene rings is 2. The van der Waals surface area contributed by atoms with Crippen molar-refractivity contribution < 1.29 is 16.8 Å². The van der Waals surface area contributed by atoms with Crippen molar-refractivity contribution in [2.75, 3.05) is 0 Å². The zero-order chi connectivity index (χ0) is 25.1. The lowest BCUT2D eigenvalue weighted by Crippen LogP contribution is -2.39. The first kappa shape index (κ1) is 26.3. The molecule has 8 heteroatoms. The number of hydrogen-bond acceptors (Lipinski definition) is 4. The SMILES string of the molecule is Cc1ccc(S(=O)(=O)NC2CCC(CC3CCC(NS(=O)(=O)c4ccc(C)cc4)CC3)CC2)cc1.